The minimum Gasteiger partial charge on any atom is -0.369 e. The summed E-state index contributed by atoms with van der Waals surface area (Å²) in [5.74, 6) is 0.737. The van der Waals surface area contributed by atoms with Crippen molar-refractivity contribution in [1.82, 2.24) is 9.36 Å². The third-order valence-corrected chi connectivity index (χ3v) is 2.05. The zero-order valence-electron chi connectivity index (χ0n) is 7.07. The van der Waals surface area contributed by atoms with Crippen molar-refractivity contribution >= 4 is 17.4 Å². The molecule has 66 valence electrons. The van der Waals surface area contributed by atoms with Crippen molar-refractivity contribution in [2.45, 2.75) is 26.2 Å². The average molecular weight is 185 g/mol. The summed E-state index contributed by atoms with van der Waals surface area (Å²) in [6.45, 7) is 4.02. The third-order valence-electron chi connectivity index (χ3n) is 1.33. The van der Waals surface area contributed by atoms with Crippen LogP contribution in [0.1, 0.15) is 30.6 Å². The normalized spacial score (nSPS) is 10.6. The molecule has 12 heavy (non-hydrogen) atoms. The molecule has 0 spiro atoms. The molecule has 2 N–H and O–H groups in total. The smallest absolute Gasteiger partial charge is 0.224 e. The Kier molecular flexibility index (Phi) is 2.75. The Morgan fingerprint density at radius 2 is 2.33 bits per heavy atom. The molecule has 0 unspecified atom stereocenters. The molecule has 1 aromatic rings. The molecular weight excluding hydrogens is 174 g/mol. The Labute approximate surface area is 75.0 Å². The quantitative estimate of drug-likeness (QED) is 0.753. The zero-order valence-corrected chi connectivity index (χ0v) is 7.89. The van der Waals surface area contributed by atoms with Gasteiger partial charge in [0.05, 0.1) is 6.42 Å². The van der Waals surface area contributed by atoms with Crippen molar-refractivity contribution < 1.29 is 4.79 Å². The lowest BCUT2D eigenvalue weighted by Gasteiger charge is -1.93. The number of nitrogens with two attached hydrogens (primary N) is 1. The highest BCUT2D eigenvalue weighted by Gasteiger charge is 2.08. The van der Waals surface area contributed by atoms with Crippen LogP contribution in [-0.4, -0.2) is 15.3 Å². The van der Waals surface area contributed by atoms with Gasteiger partial charge >= 0.3 is 0 Å². The lowest BCUT2D eigenvalue weighted by molar-refractivity contribution is -0.117. The molecule has 0 saturated heterocycles. The maximum Gasteiger partial charge on any atom is 0.224 e. The van der Waals surface area contributed by atoms with Crippen molar-refractivity contribution in [3.63, 3.8) is 0 Å². The van der Waals surface area contributed by atoms with E-state index in [1.165, 1.54) is 11.5 Å². The van der Waals surface area contributed by atoms with E-state index in [2.05, 4.69) is 9.36 Å². The van der Waals surface area contributed by atoms with Crippen LogP contribution >= 0.6 is 11.5 Å². The number of hydrogen-bond acceptors (Lipinski definition) is 4. The monoisotopic (exact) mass is 185 g/mol. The van der Waals surface area contributed by atoms with E-state index in [9.17, 15) is 4.79 Å². The number of carbonyl (C=O) groups excluding carboxylic acids is 1. The first-order chi connectivity index (χ1) is 5.59. The van der Waals surface area contributed by atoms with Crippen LogP contribution < -0.4 is 5.73 Å². The Balaban J connectivity index is 2.70. The summed E-state index contributed by atoms with van der Waals surface area (Å²) in [4.78, 5) is 14.7. The van der Waals surface area contributed by atoms with Gasteiger partial charge in [0.1, 0.15) is 10.8 Å². The fraction of sp³-hybridized carbons (Fsp3) is 0.571. The van der Waals surface area contributed by atoms with Gasteiger partial charge in [0.2, 0.25) is 5.91 Å². The van der Waals surface area contributed by atoms with Crippen LogP contribution in [0.4, 0.5) is 0 Å². The second-order valence-corrected chi connectivity index (χ2v) is 3.68. The Hall–Kier alpha value is -0.970. The largest absolute Gasteiger partial charge is 0.369 e. The number of carbonyl (C=O) groups is 1. The molecule has 0 bridgehead atoms. The maximum absolute atomic E-state index is 10.5. The van der Waals surface area contributed by atoms with Gasteiger partial charge in [-0.1, -0.05) is 13.8 Å². The summed E-state index contributed by atoms with van der Waals surface area (Å²) < 4.78 is 4.09. The molecule has 0 fully saturated rings. The van der Waals surface area contributed by atoms with E-state index in [4.69, 9.17) is 5.73 Å². The molecule has 0 aliphatic rings. The number of rotatable bonds is 3. The molecule has 0 aliphatic heterocycles. The van der Waals surface area contributed by atoms with E-state index in [1.54, 1.807) is 0 Å². The number of amides is 1. The van der Waals surface area contributed by atoms with Crippen LogP contribution in [0, 0.1) is 0 Å². The van der Waals surface area contributed by atoms with Crippen molar-refractivity contribution in [1.29, 1.82) is 0 Å². The van der Waals surface area contributed by atoms with Crippen LogP contribution in [0.2, 0.25) is 0 Å². The Morgan fingerprint density at radius 3 is 2.75 bits per heavy atom. The number of nitrogens with zero attached hydrogens (tertiary/aromatic N) is 2. The second-order valence-electron chi connectivity index (χ2n) is 2.84. The predicted octanol–water partition coefficient (Wildman–Crippen LogP) is 0.689. The maximum atomic E-state index is 10.5. The highest BCUT2D eigenvalue weighted by Crippen LogP contribution is 2.13. The first kappa shape index (κ1) is 9.12. The molecule has 1 amide bonds. The van der Waals surface area contributed by atoms with Gasteiger partial charge in [0, 0.05) is 5.92 Å². The minimum absolute atomic E-state index is 0.199. The summed E-state index contributed by atoms with van der Waals surface area (Å²) in [7, 11) is 0. The van der Waals surface area contributed by atoms with Gasteiger partial charge < -0.3 is 5.73 Å². The van der Waals surface area contributed by atoms with E-state index < -0.39 is 0 Å². The molecule has 0 aromatic carbocycles. The van der Waals surface area contributed by atoms with Crippen LogP contribution in [0.5, 0.6) is 0 Å². The van der Waals surface area contributed by atoms with Crippen molar-refractivity contribution in [3.8, 4) is 0 Å². The van der Waals surface area contributed by atoms with Crippen LogP contribution in [0.3, 0.4) is 0 Å². The van der Waals surface area contributed by atoms with Gasteiger partial charge in [-0.25, -0.2) is 4.98 Å². The lowest BCUT2D eigenvalue weighted by atomic mass is 10.2. The number of primary amides is 1. The summed E-state index contributed by atoms with van der Waals surface area (Å²) in [6, 6.07) is 0. The van der Waals surface area contributed by atoms with Crippen molar-refractivity contribution in [2.24, 2.45) is 5.73 Å². The molecule has 4 nitrogen and oxygen atoms in total. The molecule has 1 rings (SSSR count). The van der Waals surface area contributed by atoms with Crippen LogP contribution in [-0.2, 0) is 11.2 Å². The number of hydrogen-bond donors (Lipinski definition) is 1. The van der Waals surface area contributed by atoms with Gasteiger partial charge in [-0.2, -0.15) is 4.37 Å². The van der Waals surface area contributed by atoms with Crippen molar-refractivity contribution in [3.05, 3.63) is 10.8 Å². The first-order valence-electron chi connectivity index (χ1n) is 3.70. The van der Waals surface area contributed by atoms with Crippen molar-refractivity contribution in [2.75, 3.05) is 0 Å². The van der Waals surface area contributed by atoms with Crippen LogP contribution in [0.15, 0.2) is 0 Å². The topological polar surface area (TPSA) is 68.9 Å². The highest BCUT2D eigenvalue weighted by atomic mass is 32.1. The van der Waals surface area contributed by atoms with E-state index in [1.807, 2.05) is 13.8 Å². The highest BCUT2D eigenvalue weighted by molar-refractivity contribution is 7.05. The van der Waals surface area contributed by atoms with E-state index in [0.717, 1.165) is 5.82 Å². The molecular formula is C7H11N3OS. The lowest BCUT2D eigenvalue weighted by Crippen LogP contribution is -2.13. The van der Waals surface area contributed by atoms with Gasteiger partial charge in [0.25, 0.3) is 0 Å². The first-order valence-corrected chi connectivity index (χ1v) is 4.47. The fourth-order valence-corrected chi connectivity index (χ4v) is 1.52. The van der Waals surface area contributed by atoms with Crippen LogP contribution in [0.25, 0.3) is 0 Å². The van der Waals surface area contributed by atoms with E-state index in [-0.39, 0.29) is 12.3 Å². The Bertz CT molecular complexity index is 282. The van der Waals surface area contributed by atoms with Gasteiger partial charge in [0.15, 0.2) is 0 Å². The molecule has 1 heterocycles. The SMILES string of the molecule is CC(C)c1nsc(CC(N)=O)n1. The average Bonchev–Trinajstić information content (AvgIpc) is 2.34. The number of aromatic nitrogens is 2. The van der Waals surface area contributed by atoms with E-state index in [0.29, 0.717) is 10.9 Å². The summed E-state index contributed by atoms with van der Waals surface area (Å²) in [6.07, 6.45) is 0.199. The summed E-state index contributed by atoms with van der Waals surface area (Å²) in [5.41, 5.74) is 5.01. The fourth-order valence-electron chi connectivity index (χ4n) is 0.723. The zero-order chi connectivity index (χ0) is 9.14. The molecule has 0 aliphatic carbocycles. The predicted molar refractivity (Wildman–Crippen MR) is 46.9 cm³/mol. The molecule has 5 heteroatoms. The van der Waals surface area contributed by atoms with Gasteiger partial charge in [-0.15, -0.1) is 0 Å². The standard InChI is InChI=1S/C7H11N3OS/c1-4(2)7-9-6(12-10-7)3-5(8)11/h4H,3H2,1-2H3,(H2,8,11). The second kappa shape index (κ2) is 3.62. The molecule has 0 radical (unpaired) electrons. The molecule has 0 atom stereocenters. The molecule has 1 aromatic heterocycles. The van der Waals surface area contributed by atoms with Gasteiger partial charge in [-0.05, 0) is 11.5 Å². The minimum atomic E-state index is -0.360. The summed E-state index contributed by atoms with van der Waals surface area (Å²) in [5, 5.41) is 0.700. The van der Waals surface area contributed by atoms with Gasteiger partial charge in [-0.3, -0.25) is 4.79 Å². The summed E-state index contributed by atoms with van der Waals surface area (Å²) >= 11 is 1.24. The van der Waals surface area contributed by atoms with E-state index >= 15 is 0 Å². The Morgan fingerprint density at radius 1 is 1.67 bits per heavy atom. The molecule has 0 saturated carbocycles. The third kappa shape index (κ3) is 2.27.